The predicted molar refractivity (Wildman–Crippen MR) is 99.5 cm³/mol. The number of rotatable bonds is 6. The van der Waals surface area contributed by atoms with E-state index < -0.39 is 10.0 Å². The van der Waals surface area contributed by atoms with Crippen LogP contribution in [0.4, 0.5) is 5.69 Å². The Labute approximate surface area is 150 Å². The minimum Gasteiger partial charge on any atom is -0.495 e. The second kappa shape index (κ2) is 8.08. The number of nitrogens with zero attached hydrogens (tertiary/aromatic N) is 2. The molecule has 1 fully saturated rings. The molecule has 1 amide bonds. The maximum Gasteiger partial charge on any atom is 0.232 e. The first kappa shape index (κ1) is 19.6. The number of amides is 1. The monoisotopic (exact) mass is 368 g/mol. The van der Waals surface area contributed by atoms with Gasteiger partial charge in [-0.2, -0.15) is 0 Å². The van der Waals surface area contributed by atoms with Gasteiger partial charge in [-0.3, -0.25) is 9.10 Å². The highest BCUT2D eigenvalue weighted by atomic mass is 32.2. The molecule has 1 aromatic carbocycles. The van der Waals surface area contributed by atoms with Crippen LogP contribution >= 0.6 is 0 Å². The summed E-state index contributed by atoms with van der Waals surface area (Å²) in [5, 5.41) is 0. The standard InChI is InChI=1S/C18H28N2O4S/c1-14-7-10-19(11-8-14)18(21)9-12-20(25(4,22)23)16-13-15(2)5-6-17(16)24-3/h5-6,13-14H,7-12H2,1-4H3. The molecular formula is C18H28N2O4S. The van der Waals surface area contributed by atoms with Crippen molar-refractivity contribution in [2.75, 3.05) is 37.3 Å². The number of anilines is 1. The van der Waals surface area contributed by atoms with Gasteiger partial charge in [0, 0.05) is 26.1 Å². The molecule has 7 heteroatoms. The number of likely N-dealkylation sites (tertiary alicyclic amines) is 1. The summed E-state index contributed by atoms with van der Waals surface area (Å²) in [6.07, 6.45) is 3.33. The first-order chi connectivity index (χ1) is 11.7. The zero-order valence-electron chi connectivity index (χ0n) is 15.5. The molecule has 1 aromatic rings. The van der Waals surface area contributed by atoms with Crippen molar-refractivity contribution >= 4 is 21.6 Å². The highest BCUT2D eigenvalue weighted by Crippen LogP contribution is 2.31. The number of aryl methyl sites for hydroxylation is 1. The summed E-state index contributed by atoms with van der Waals surface area (Å²) < 4.78 is 31.2. The van der Waals surface area contributed by atoms with Crippen LogP contribution in [0.3, 0.4) is 0 Å². The molecule has 0 radical (unpaired) electrons. The van der Waals surface area contributed by atoms with E-state index in [1.165, 1.54) is 11.4 Å². The van der Waals surface area contributed by atoms with Crippen molar-refractivity contribution in [2.45, 2.75) is 33.1 Å². The normalized spacial score (nSPS) is 15.9. The van der Waals surface area contributed by atoms with E-state index in [9.17, 15) is 13.2 Å². The van der Waals surface area contributed by atoms with E-state index in [2.05, 4.69) is 6.92 Å². The van der Waals surface area contributed by atoms with Crippen molar-refractivity contribution in [1.29, 1.82) is 0 Å². The summed E-state index contributed by atoms with van der Waals surface area (Å²) in [7, 11) is -2.01. The molecule has 0 N–H and O–H groups in total. The SMILES string of the molecule is COc1ccc(C)cc1N(CCC(=O)N1CCC(C)CC1)S(C)(=O)=O. The number of carbonyl (C=O) groups excluding carboxylic acids is 1. The van der Waals surface area contributed by atoms with E-state index in [1.807, 2.05) is 17.9 Å². The quantitative estimate of drug-likeness (QED) is 0.773. The Bertz CT molecular complexity index is 710. The fourth-order valence-corrected chi connectivity index (χ4v) is 4.00. The number of carbonyl (C=O) groups is 1. The number of hydrogen-bond acceptors (Lipinski definition) is 4. The van der Waals surface area contributed by atoms with Crippen LogP contribution in [0.15, 0.2) is 18.2 Å². The lowest BCUT2D eigenvalue weighted by atomic mass is 9.99. The van der Waals surface area contributed by atoms with Crippen LogP contribution in [-0.4, -0.2) is 52.2 Å². The largest absolute Gasteiger partial charge is 0.495 e. The molecule has 1 heterocycles. The van der Waals surface area contributed by atoms with E-state index in [-0.39, 0.29) is 18.9 Å². The molecular weight excluding hydrogens is 340 g/mol. The minimum atomic E-state index is -3.52. The molecule has 6 nitrogen and oxygen atoms in total. The highest BCUT2D eigenvalue weighted by molar-refractivity contribution is 7.92. The Morgan fingerprint density at radius 3 is 2.52 bits per heavy atom. The van der Waals surface area contributed by atoms with E-state index in [0.717, 1.165) is 37.8 Å². The summed E-state index contributed by atoms with van der Waals surface area (Å²) >= 11 is 0. The van der Waals surface area contributed by atoms with Gasteiger partial charge >= 0.3 is 0 Å². The van der Waals surface area contributed by atoms with E-state index in [0.29, 0.717) is 17.4 Å². The molecule has 25 heavy (non-hydrogen) atoms. The van der Waals surface area contributed by atoms with Crippen molar-refractivity contribution in [1.82, 2.24) is 4.90 Å². The summed E-state index contributed by atoms with van der Waals surface area (Å²) in [5.41, 5.74) is 1.41. The molecule has 0 unspecified atom stereocenters. The number of methoxy groups -OCH3 is 1. The van der Waals surface area contributed by atoms with Crippen molar-refractivity contribution in [2.24, 2.45) is 5.92 Å². The van der Waals surface area contributed by atoms with Crippen LogP contribution in [0, 0.1) is 12.8 Å². The predicted octanol–water partition coefficient (Wildman–Crippen LogP) is 2.42. The molecule has 2 rings (SSSR count). The first-order valence-corrected chi connectivity index (χ1v) is 10.5. The van der Waals surface area contributed by atoms with Gasteiger partial charge in [0.15, 0.2) is 0 Å². The van der Waals surface area contributed by atoms with Gasteiger partial charge in [-0.05, 0) is 43.4 Å². The molecule has 1 aliphatic rings. The first-order valence-electron chi connectivity index (χ1n) is 8.62. The van der Waals surface area contributed by atoms with Gasteiger partial charge in [0.05, 0.1) is 19.1 Å². The topological polar surface area (TPSA) is 66.9 Å². The highest BCUT2D eigenvalue weighted by Gasteiger charge is 2.25. The van der Waals surface area contributed by atoms with Gasteiger partial charge in [-0.1, -0.05) is 13.0 Å². The Morgan fingerprint density at radius 2 is 1.96 bits per heavy atom. The number of ether oxygens (including phenoxy) is 1. The van der Waals surface area contributed by atoms with Crippen LogP contribution in [-0.2, 0) is 14.8 Å². The van der Waals surface area contributed by atoms with Crippen LogP contribution in [0.2, 0.25) is 0 Å². The van der Waals surface area contributed by atoms with Crippen LogP contribution in [0.5, 0.6) is 5.75 Å². The number of piperidine rings is 1. The molecule has 0 atom stereocenters. The second-order valence-electron chi connectivity index (χ2n) is 6.82. The molecule has 1 saturated heterocycles. The zero-order valence-corrected chi connectivity index (χ0v) is 16.3. The summed E-state index contributed by atoms with van der Waals surface area (Å²) in [6, 6.07) is 5.38. The third-order valence-corrected chi connectivity index (χ3v) is 5.85. The third-order valence-electron chi connectivity index (χ3n) is 4.67. The Kier molecular flexibility index (Phi) is 6.32. The second-order valence-corrected chi connectivity index (χ2v) is 8.73. The van der Waals surface area contributed by atoms with Gasteiger partial charge in [-0.15, -0.1) is 0 Å². The maximum atomic E-state index is 12.5. The lowest BCUT2D eigenvalue weighted by Gasteiger charge is -2.31. The van der Waals surface area contributed by atoms with Gasteiger partial charge in [0.1, 0.15) is 5.75 Å². The molecule has 0 saturated carbocycles. The van der Waals surface area contributed by atoms with Gasteiger partial charge < -0.3 is 9.64 Å². The van der Waals surface area contributed by atoms with Gasteiger partial charge in [-0.25, -0.2) is 8.42 Å². The summed E-state index contributed by atoms with van der Waals surface area (Å²) in [6.45, 7) is 5.71. The molecule has 140 valence electrons. The Morgan fingerprint density at radius 1 is 1.32 bits per heavy atom. The smallest absolute Gasteiger partial charge is 0.232 e. The van der Waals surface area contributed by atoms with Crippen LogP contribution in [0.25, 0.3) is 0 Å². The molecule has 0 bridgehead atoms. The molecule has 0 aromatic heterocycles. The fourth-order valence-electron chi connectivity index (χ4n) is 3.07. The van der Waals surface area contributed by atoms with Gasteiger partial charge in [0.2, 0.25) is 15.9 Å². The maximum absolute atomic E-state index is 12.5. The number of benzene rings is 1. The van der Waals surface area contributed by atoms with Crippen molar-refractivity contribution in [3.05, 3.63) is 23.8 Å². The van der Waals surface area contributed by atoms with E-state index in [4.69, 9.17) is 4.74 Å². The minimum absolute atomic E-state index is 0.00664. The molecule has 0 spiro atoms. The average molecular weight is 368 g/mol. The Hall–Kier alpha value is -1.76. The molecule has 1 aliphatic heterocycles. The van der Waals surface area contributed by atoms with Crippen molar-refractivity contribution in [3.8, 4) is 5.75 Å². The molecule has 0 aliphatic carbocycles. The summed E-state index contributed by atoms with van der Waals surface area (Å²) in [5.74, 6) is 1.13. The average Bonchev–Trinajstić information content (AvgIpc) is 2.54. The third kappa shape index (κ3) is 5.11. The Balaban J connectivity index is 2.14. The van der Waals surface area contributed by atoms with Crippen molar-refractivity contribution < 1.29 is 17.9 Å². The summed E-state index contributed by atoms with van der Waals surface area (Å²) in [4.78, 5) is 14.3. The van der Waals surface area contributed by atoms with E-state index >= 15 is 0 Å². The van der Waals surface area contributed by atoms with E-state index in [1.54, 1.807) is 12.1 Å². The lowest BCUT2D eigenvalue weighted by molar-refractivity contribution is -0.132. The lowest BCUT2D eigenvalue weighted by Crippen LogP contribution is -2.40. The van der Waals surface area contributed by atoms with Crippen LogP contribution < -0.4 is 9.04 Å². The van der Waals surface area contributed by atoms with Gasteiger partial charge in [0.25, 0.3) is 0 Å². The zero-order chi connectivity index (χ0) is 18.6. The number of sulfonamides is 1. The van der Waals surface area contributed by atoms with Crippen molar-refractivity contribution in [3.63, 3.8) is 0 Å². The number of hydrogen-bond donors (Lipinski definition) is 0. The fraction of sp³-hybridized carbons (Fsp3) is 0.611. The van der Waals surface area contributed by atoms with Crippen LogP contribution in [0.1, 0.15) is 31.7 Å².